The minimum absolute atomic E-state index is 0.0460. The first-order valence-corrected chi connectivity index (χ1v) is 8.69. The number of hydrogen-bond acceptors (Lipinski definition) is 3. The minimum atomic E-state index is -0.280. The number of nitrogens with zero attached hydrogens (tertiary/aromatic N) is 2. The van der Waals surface area contributed by atoms with E-state index >= 15 is 0 Å². The molecule has 0 bridgehead atoms. The van der Waals surface area contributed by atoms with Crippen LogP contribution in [0.25, 0.3) is 0 Å². The maximum Gasteiger partial charge on any atom is 0.317 e. The molecule has 2 amide bonds. The Morgan fingerprint density at radius 2 is 2.17 bits per heavy atom. The van der Waals surface area contributed by atoms with Crippen LogP contribution in [-0.4, -0.2) is 60.7 Å². The van der Waals surface area contributed by atoms with E-state index in [1.54, 1.807) is 11.0 Å². The summed E-state index contributed by atoms with van der Waals surface area (Å²) < 4.78 is 19.1. The fraction of sp³-hybridized carbons (Fsp3) is 0.611. The van der Waals surface area contributed by atoms with E-state index in [0.29, 0.717) is 25.7 Å². The Balaban J connectivity index is 1.56. The molecule has 0 spiro atoms. The number of rotatable bonds is 3. The van der Waals surface area contributed by atoms with Gasteiger partial charge in [0.25, 0.3) is 0 Å². The summed E-state index contributed by atoms with van der Waals surface area (Å²) in [7, 11) is 0. The molecule has 0 unspecified atom stereocenters. The molecule has 0 radical (unpaired) electrons. The third-order valence-electron chi connectivity index (χ3n) is 4.85. The third-order valence-corrected chi connectivity index (χ3v) is 4.85. The first-order valence-electron chi connectivity index (χ1n) is 8.69. The lowest BCUT2D eigenvalue weighted by Crippen LogP contribution is -2.50. The Morgan fingerprint density at radius 1 is 1.33 bits per heavy atom. The van der Waals surface area contributed by atoms with Crippen molar-refractivity contribution in [3.63, 3.8) is 0 Å². The molecule has 5 nitrogen and oxygen atoms in total. The second kappa shape index (κ2) is 7.49. The van der Waals surface area contributed by atoms with Crippen molar-refractivity contribution in [1.82, 2.24) is 15.1 Å². The largest absolute Gasteiger partial charge is 0.370 e. The number of ether oxygens (including phenoxy) is 1. The molecule has 2 aliphatic heterocycles. The van der Waals surface area contributed by atoms with E-state index in [9.17, 15) is 9.18 Å². The maximum atomic E-state index is 13.4. The molecule has 0 aromatic heterocycles. The van der Waals surface area contributed by atoms with Gasteiger partial charge in [0.1, 0.15) is 11.9 Å². The number of halogens is 1. The van der Waals surface area contributed by atoms with E-state index in [0.717, 1.165) is 25.1 Å². The van der Waals surface area contributed by atoms with Crippen LogP contribution in [0.2, 0.25) is 0 Å². The van der Waals surface area contributed by atoms with Gasteiger partial charge in [-0.3, -0.25) is 4.90 Å². The van der Waals surface area contributed by atoms with Crippen LogP contribution < -0.4 is 5.32 Å². The molecule has 2 saturated heterocycles. The van der Waals surface area contributed by atoms with E-state index < -0.39 is 0 Å². The number of carbonyl (C=O) groups excluding carboxylic acids is 1. The fourth-order valence-corrected chi connectivity index (χ4v) is 3.38. The minimum Gasteiger partial charge on any atom is -0.370 e. The van der Waals surface area contributed by atoms with Crippen molar-refractivity contribution in [1.29, 1.82) is 0 Å². The van der Waals surface area contributed by atoms with Crippen LogP contribution in [0.3, 0.4) is 0 Å². The van der Waals surface area contributed by atoms with E-state index in [4.69, 9.17) is 4.74 Å². The van der Waals surface area contributed by atoms with Gasteiger partial charge in [-0.1, -0.05) is 12.1 Å². The van der Waals surface area contributed by atoms with Crippen LogP contribution in [0.1, 0.15) is 31.9 Å². The quantitative estimate of drug-likeness (QED) is 0.922. The number of benzene rings is 1. The molecule has 2 fully saturated rings. The van der Waals surface area contributed by atoms with Crippen LogP contribution in [0.15, 0.2) is 24.3 Å². The Morgan fingerprint density at radius 3 is 2.88 bits per heavy atom. The van der Waals surface area contributed by atoms with E-state index in [1.807, 2.05) is 6.07 Å². The molecule has 1 N–H and O–H groups in total. The standard InChI is InChI=1S/C18H26FN3O2/c1-13(2)21-7-6-16(11-21)20-18(23)22-8-9-24-17(12-22)14-4-3-5-15(19)10-14/h3-5,10,13,16-17H,6-9,11-12H2,1-2H3,(H,20,23)/t16-,17-/m1/s1. The summed E-state index contributed by atoms with van der Waals surface area (Å²) in [4.78, 5) is 16.7. The molecule has 1 aromatic rings. The lowest BCUT2D eigenvalue weighted by atomic mass is 10.1. The normalized spacial score (nSPS) is 25.2. The topological polar surface area (TPSA) is 44.8 Å². The maximum absolute atomic E-state index is 13.4. The highest BCUT2D eigenvalue weighted by Gasteiger charge is 2.30. The van der Waals surface area contributed by atoms with Crippen molar-refractivity contribution in [2.24, 2.45) is 0 Å². The second-order valence-corrected chi connectivity index (χ2v) is 6.88. The van der Waals surface area contributed by atoms with Gasteiger partial charge in [0.2, 0.25) is 0 Å². The van der Waals surface area contributed by atoms with Crippen molar-refractivity contribution >= 4 is 6.03 Å². The summed E-state index contributed by atoms with van der Waals surface area (Å²) in [5.74, 6) is -0.280. The Kier molecular flexibility index (Phi) is 5.36. The molecular weight excluding hydrogens is 309 g/mol. The van der Waals surface area contributed by atoms with Gasteiger partial charge < -0.3 is 15.0 Å². The number of hydrogen-bond donors (Lipinski definition) is 1. The molecule has 132 valence electrons. The predicted octanol–water partition coefficient (Wildman–Crippen LogP) is 2.39. The average Bonchev–Trinajstić information content (AvgIpc) is 3.04. The van der Waals surface area contributed by atoms with E-state index in [-0.39, 0.29) is 24.0 Å². The molecule has 0 saturated carbocycles. The number of morpholine rings is 1. The summed E-state index contributed by atoms with van der Waals surface area (Å²) in [6.07, 6.45) is 0.720. The zero-order chi connectivity index (χ0) is 17.1. The molecule has 3 rings (SSSR count). The van der Waals surface area contributed by atoms with Gasteiger partial charge >= 0.3 is 6.03 Å². The lowest BCUT2D eigenvalue weighted by molar-refractivity contribution is -0.0158. The Hall–Kier alpha value is -1.66. The van der Waals surface area contributed by atoms with Crippen molar-refractivity contribution in [3.8, 4) is 0 Å². The average molecular weight is 335 g/mol. The van der Waals surface area contributed by atoms with Gasteiger partial charge in [0.05, 0.1) is 13.2 Å². The fourth-order valence-electron chi connectivity index (χ4n) is 3.38. The number of nitrogens with one attached hydrogen (secondary N) is 1. The molecule has 1 aromatic carbocycles. The molecule has 24 heavy (non-hydrogen) atoms. The van der Waals surface area contributed by atoms with Gasteiger partial charge in [-0.25, -0.2) is 9.18 Å². The summed E-state index contributed by atoms with van der Waals surface area (Å²) >= 11 is 0. The van der Waals surface area contributed by atoms with Gasteiger partial charge in [0.15, 0.2) is 0 Å². The molecule has 2 aliphatic rings. The first-order chi connectivity index (χ1) is 11.5. The molecule has 0 aliphatic carbocycles. The highest BCUT2D eigenvalue weighted by atomic mass is 19.1. The van der Waals surface area contributed by atoms with Crippen LogP contribution >= 0.6 is 0 Å². The van der Waals surface area contributed by atoms with E-state index in [2.05, 4.69) is 24.1 Å². The summed E-state index contributed by atoms with van der Waals surface area (Å²) in [5.41, 5.74) is 0.777. The first kappa shape index (κ1) is 17.2. The summed E-state index contributed by atoms with van der Waals surface area (Å²) in [6, 6.07) is 7.07. The van der Waals surface area contributed by atoms with E-state index in [1.165, 1.54) is 12.1 Å². The zero-order valence-electron chi connectivity index (χ0n) is 14.4. The predicted molar refractivity (Wildman–Crippen MR) is 90.3 cm³/mol. The molecule has 2 atom stereocenters. The highest BCUT2D eigenvalue weighted by molar-refractivity contribution is 5.74. The lowest BCUT2D eigenvalue weighted by Gasteiger charge is -2.34. The van der Waals surface area contributed by atoms with Crippen LogP contribution in [0, 0.1) is 5.82 Å². The third kappa shape index (κ3) is 4.05. The van der Waals surface area contributed by atoms with Crippen LogP contribution in [-0.2, 0) is 4.74 Å². The summed E-state index contributed by atoms with van der Waals surface area (Å²) in [5, 5.41) is 3.13. The van der Waals surface area contributed by atoms with Crippen molar-refractivity contribution in [2.45, 2.75) is 38.5 Å². The molecule has 2 heterocycles. The van der Waals surface area contributed by atoms with Crippen LogP contribution in [0.5, 0.6) is 0 Å². The number of urea groups is 1. The number of carbonyl (C=O) groups is 1. The number of amides is 2. The highest BCUT2D eigenvalue weighted by Crippen LogP contribution is 2.23. The van der Waals surface area contributed by atoms with Gasteiger partial charge in [0, 0.05) is 31.7 Å². The summed E-state index contributed by atoms with van der Waals surface area (Å²) in [6.45, 7) is 7.77. The Bertz CT molecular complexity index is 581. The Labute approximate surface area is 142 Å². The van der Waals surface area contributed by atoms with Crippen molar-refractivity contribution in [3.05, 3.63) is 35.6 Å². The monoisotopic (exact) mass is 335 g/mol. The van der Waals surface area contributed by atoms with Crippen molar-refractivity contribution < 1.29 is 13.9 Å². The molecular formula is C18H26FN3O2. The smallest absolute Gasteiger partial charge is 0.317 e. The zero-order valence-corrected chi connectivity index (χ0v) is 14.4. The van der Waals surface area contributed by atoms with Gasteiger partial charge in [-0.2, -0.15) is 0 Å². The van der Waals surface area contributed by atoms with Gasteiger partial charge in [-0.05, 0) is 38.0 Å². The van der Waals surface area contributed by atoms with Crippen molar-refractivity contribution in [2.75, 3.05) is 32.8 Å². The van der Waals surface area contributed by atoms with Crippen LogP contribution in [0.4, 0.5) is 9.18 Å². The second-order valence-electron chi connectivity index (χ2n) is 6.88. The van der Waals surface area contributed by atoms with Gasteiger partial charge in [-0.15, -0.1) is 0 Å². The SMILES string of the molecule is CC(C)N1CC[C@@H](NC(=O)N2CCO[C@@H](c3cccc(F)c3)C2)C1. The number of likely N-dealkylation sites (tertiary alicyclic amines) is 1. The molecule has 6 heteroatoms.